The second-order valence-corrected chi connectivity index (χ2v) is 4.39. The van der Waals surface area contributed by atoms with Crippen LogP contribution < -0.4 is 5.32 Å². The second kappa shape index (κ2) is 4.72. The van der Waals surface area contributed by atoms with Crippen LogP contribution in [0.3, 0.4) is 0 Å². The Morgan fingerprint density at radius 3 is 2.65 bits per heavy atom. The highest BCUT2D eigenvalue weighted by Gasteiger charge is 2.04. The van der Waals surface area contributed by atoms with Crippen LogP contribution in [-0.2, 0) is 6.54 Å². The molecule has 0 aliphatic carbocycles. The molecule has 1 heterocycles. The number of anilines is 1. The maximum atomic E-state index is 9.55. The largest absolute Gasteiger partial charge is 0.508 e. The molecule has 0 fully saturated rings. The Kier molecular flexibility index (Phi) is 3.29. The minimum atomic E-state index is 0.314. The highest BCUT2D eigenvalue weighted by Crippen LogP contribution is 2.25. The van der Waals surface area contributed by atoms with Gasteiger partial charge in [0.1, 0.15) is 11.5 Å². The number of furan rings is 1. The lowest BCUT2D eigenvalue weighted by Crippen LogP contribution is -2.00. The van der Waals surface area contributed by atoms with E-state index >= 15 is 0 Å². The molecule has 0 spiro atoms. The number of hydrogen-bond acceptors (Lipinski definition) is 3. The topological polar surface area (TPSA) is 45.4 Å². The minimum absolute atomic E-state index is 0.314. The van der Waals surface area contributed by atoms with Crippen molar-refractivity contribution in [3.8, 4) is 5.75 Å². The van der Waals surface area contributed by atoms with Gasteiger partial charge >= 0.3 is 0 Å². The molecule has 4 heteroatoms. The van der Waals surface area contributed by atoms with Gasteiger partial charge in [0.05, 0.1) is 6.54 Å². The van der Waals surface area contributed by atoms with E-state index in [1.54, 1.807) is 12.1 Å². The normalized spacial score (nSPS) is 10.5. The van der Waals surface area contributed by atoms with Gasteiger partial charge < -0.3 is 14.8 Å². The van der Waals surface area contributed by atoms with Crippen LogP contribution in [0.5, 0.6) is 5.75 Å². The maximum Gasteiger partial charge on any atom is 0.193 e. The molecule has 0 amide bonds. The zero-order chi connectivity index (χ0) is 12.4. The molecule has 0 saturated carbocycles. The van der Waals surface area contributed by atoms with Gasteiger partial charge in [-0.3, -0.25) is 0 Å². The van der Waals surface area contributed by atoms with Crippen molar-refractivity contribution in [2.75, 3.05) is 5.32 Å². The van der Waals surface area contributed by atoms with Crippen molar-refractivity contribution in [2.45, 2.75) is 20.4 Å². The third kappa shape index (κ3) is 2.74. The summed E-state index contributed by atoms with van der Waals surface area (Å²) in [5.41, 5.74) is 2.81. The first kappa shape index (κ1) is 11.9. The van der Waals surface area contributed by atoms with E-state index in [0.29, 0.717) is 17.5 Å². The van der Waals surface area contributed by atoms with Crippen LogP contribution in [0, 0.1) is 13.8 Å². The third-order valence-corrected chi connectivity index (χ3v) is 2.83. The Hall–Kier alpha value is -1.61. The summed E-state index contributed by atoms with van der Waals surface area (Å²) >= 11 is 5.69. The number of aryl methyl sites for hydroxylation is 2. The summed E-state index contributed by atoms with van der Waals surface area (Å²) < 4.78 is 5.25. The van der Waals surface area contributed by atoms with E-state index in [4.69, 9.17) is 16.0 Å². The van der Waals surface area contributed by atoms with Gasteiger partial charge in [0.2, 0.25) is 0 Å². The fourth-order valence-corrected chi connectivity index (χ4v) is 1.78. The third-order valence-electron chi connectivity index (χ3n) is 2.62. The Morgan fingerprint density at radius 1 is 1.24 bits per heavy atom. The SMILES string of the molecule is Cc1cc(NCc2ccc(Cl)o2)c(C)cc1O. The van der Waals surface area contributed by atoms with Crippen molar-refractivity contribution in [2.24, 2.45) is 0 Å². The van der Waals surface area contributed by atoms with Crippen LogP contribution in [0.25, 0.3) is 0 Å². The summed E-state index contributed by atoms with van der Waals surface area (Å²) in [5.74, 6) is 1.09. The van der Waals surface area contributed by atoms with Gasteiger partial charge in [0.25, 0.3) is 0 Å². The monoisotopic (exact) mass is 251 g/mol. The summed E-state index contributed by atoms with van der Waals surface area (Å²) in [6.45, 7) is 4.37. The average molecular weight is 252 g/mol. The number of nitrogens with one attached hydrogen (secondary N) is 1. The number of rotatable bonds is 3. The Morgan fingerprint density at radius 2 is 2.00 bits per heavy atom. The molecular formula is C13H14ClNO2. The number of phenolic OH excluding ortho intramolecular Hbond substituents is 1. The molecule has 1 aromatic carbocycles. The van der Waals surface area contributed by atoms with E-state index in [1.165, 1.54) is 0 Å². The van der Waals surface area contributed by atoms with E-state index in [-0.39, 0.29) is 0 Å². The molecule has 0 aliphatic rings. The number of hydrogen-bond donors (Lipinski definition) is 2. The Bertz CT molecular complexity index is 534. The molecule has 17 heavy (non-hydrogen) atoms. The van der Waals surface area contributed by atoms with E-state index in [2.05, 4.69) is 5.32 Å². The Labute approximate surface area is 105 Å². The molecule has 0 saturated heterocycles. The molecule has 3 nitrogen and oxygen atoms in total. The Balaban J connectivity index is 2.11. The van der Waals surface area contributed by atoms with Crippen molar-refractivity contribution in [1.82, 2.24) is 0 Å². The highest BCUT2D eigenvalue weighted by atomic mass is 35.5. The fourth-order valence-electron chi connectivity index (χ4n) is 1.62. The van der Waals surface area contributed by atoms with Crippen LogP contribution in [-0.4, -0.2) is 5.11 Å². The van der Waals surface area contributed by atoms with Gasteiger partial charge in [-0.2, -0.15) is 0 Å². The molecule has 2 aromatic rings. The van der Waals surface area contributed by atoms with Gasteiger partial charge in [0.15, 0.2) is 5.22 Å². The molecule has 0 unspecified atom stereocenters. The lowest BCUT2D eigenvalue weighted by atomic mass is 10.1. The van der Waals surface area contributed by atoms with Crippen molar-refractivity contribution in [3.63, 3.8) is 0 Å². The van der Waals surface area contributed by atoms with Gasteiger partial charge in [-0.15, -0.1) is 0 Å². The summed E-state index contributed by atoms with van der Waals surface area (Å²) in [6, 6.07) is 7.20. The summed E-state index contributed by atoms with van der Waals surface area (Å²) in [4.78, 5) is 0. The lowest BCUT2D eigenvalue weighted by molar-refractivity contribution is 0.471. The predicted molar refractivity (Wildman–Crippen MR) is 68.6 cm³/mol. The number of phenols is 1. The van der Waals surface area contributed by atoms with Gasteiger partial charge in [0, 0.05) is 5.69 Å². The van der Waals surface area contributed by atoms with Gasteiger partial charge in [-0.25, -0.2) is 0 Å². The highest BCUT2D eigenvalue weighted by molar-refractivity contribution is 6.28. The standard InChI is InChI=1S/C13H14ClNO2/c1-8-6-12(16)9(2)5-11(8)15-7-10-3-4-13(14)17-10/h3-6,15-16H,7H2,1-2H3. The molecular weight excluding hydrogens is 238 g/mol. The first-order valence-corrected chi connectivity index (χ1v) is 5.72. The number of benzene rings is 1. The van der Waals surface area contributed by atoms with E-state index in [1.807, 2.05) is 26.0 Å². The quantitative estimate of drug-likeness (QED) is 0.814. The summed E-state index contributed by atoms with van der Waals surface area (Å²) in [5, 5.41) is 13.2. The zero-order valence-corrected chi connectivity index (χ0v) is 10.5. The summed E-state index contributed by atoms with van der Waals surface area (Å²) in [7, 11) is 0. The van der Waals surface area contributed by atoms with Crippen molar-refractivity contribution < 1.29 is 9.52 Å². The van der Waals surface area contributed by atoms with Gasteiger partial charge in [-0.1, -0.05) is 0 Å². The molecule has 0 atom stereocenters. The smallest absolute Gasteiger partial charge is 0.193 e. The van der Waals surface area contributed by atoms with Crippen LogP contribution in [0.1, 0.15) is 16.9 Å². The van der Waals surface area contributed by atoms with Crippen LogP contribution in [0.15, 0.2) is 28.7 Å². The van der Waals surface area contributed by atoms with Crippen LogP contribution in [0.2, 0.25) is 5.22 Å². The van der Waals surface area contributed by atoms with Crippen LogP contribution >= 0.6 is 11.6 Å². The molecule has 2 N–H and O–H groups in total. The van der Waals surface area contributed by atoms with E-state index in [9.17, 15) is 5.11 Å². The fraction of sp³-hybridized carbons (Fsp3) is 0.231. The molecule has 1 aromatic heterocycles. The number of aromatic hydroxyl groups is 1. The van der Waals surface area contributed by atoms with Crippen molar-refractivity contribution >= 4 is 17.3 Å². The molecule has 90 valence electrons. The summed E-state index contributed by atoms with van der Waals surface area (Å²) in [6.07, 6.45) is 0. The van der Waals surface area contributed by atoms with Crippen LogP contribution in [0.4, 0.5) is 5.69 Å². The zero-order valence-electron chi connectivity index (χ0n) is 9.75. The maximum absolute atomic E-state index is 9.55. The van der Waals surface area contributed by atoms with E-state index in [0.717, 1.165) is 22.6 Å². The van der Waals surface area contributed by atoms with Crippen molar-refractivity contribution in [1.29, 1.82) is 0 Å². The molecule has 0 radical (unpaired) electrons. The molecule has 2 rings (SSSR count). The number of halogens is 1. The average Bonchev–Trinajstić information content (AvgIpc) is 2.68. The van der Waals surface area contributed by atoms with Crippen molar-refractivity contribution in [3.05, 3.63) is 46.4 Å². The second-order valence-electron chi connectivity index (χ2n) is 4.01. The van der Waals surface area contributed by atoms with Gasteiger partial charge in [-0.05, 0) is 60.8 Å². The first-order chi connectivity index (χ1) is 8.06. The molecule has 0 aliphatic heterocycles. The van der Waals surface area contributed by atoms with E-state index < -0.39 is 0 Å². The minimum Gasteiger partial charge on any atom is -0.508 e. The molecule has 0 bridgehead atoms. The lowest BCUT2D eigenvalue weighted by Gasteiger charge is -2.10. The predicted octanol–water partition coefficient (Wildman–Crippen LogP) is 3.87. The first-order valence-electron chi connectivity index (χ1n) is 5.34.